The topological polar surface area (TPSA) is 30.0 Å². The zero-order chi connectivity index (χ0) is 7.68. The van der Waals surface area contributed by atoms with Crippen LogP contribution < -0.4 is 10.4 Å². The molecule has 1 aromatic rings. The van der Waals surface area contributed by atoms with Crippen molar-refractivity contribution in [3.8, 4) is 0 Å². The second-order valence-electron chi connectivity index (χ2n) is 2.52. The first-order valence-corrected chi connectivity index (χ1v) is 3.51. The lowest BCUT2D eigenvalue weighted by Gasteiger charge is -1.96. The van der Waals surface area contributed by atoms with Gasteiger partial charge in [0.1, 0.15) is 0 Å². The van der Waals surface area contributed by atoms with E-state index in [1.165, 1.54) is 0 Å². The molecule has 0 N–H and O–H groups in total. The molecule has 0 amide bonds. The van der Waals surface area contributed by atoms with Gasteiger partial charge in [-0.15, -0.1) is 0 Å². The van der Waals surface area contributed by atoms with Gasteiger partial charge in [0.25, 0.3) is 0 Å². The summed E-state index contributed by atoms with van der Waals surface area (Å²) in [4.78, 5) is 14.8. The Balaban J connectivity index is 2.83. The fourth-order valence-electron chi connectivity index (χ4n) is 1.17. The average molecular weight is 145 g/mol. The number of hydrogen-bond donors (Lipinski definition) is 0. The van der Waals surface area contributed by atoms with E-state index in [1.54, 1.807) is 18.5 Å². The smallest absolute Gasteiger partial charge is 0.160 e. The molecule has 2 nitrogen and oxygen atoms in total. The van der Waals surface area contributed by atoms with E-state index in [-0.39, 0.29) is 5.78 Å². The summed E-state index contributed by atoms with van der Waals surface area (Å²) in [5.74, 6) is 0.158. The minimum absolute atomic E-state index is 0.158. The molecule has 2 rings (SSSR count). The summed E-state index contributed by atoms with van der Waals surface area (Å²) in [7, 11) is 0. The first-order chi connectivity index (χ1) is 5.36. The molecule has 0 fully saturated rings. The minimum atomic E-state index is 0.158. The van der Waals surface area contributed by atoms with Crippen LogP contribution in [-0.4, -0.2) is 10.8 Å². The number of rotatable bonds is 0. The monoisotopic (exact) mass is 145 g/mol. The fraction of sp³-hybridized carbons (Fsp3) is 0.111. The Bertz CT molecular complexity index is 406. The number of ketones is 1. The van der Waals surface area contributed by atoms with Gasteiger partial charge in [-0.1, -0.05) is 6.08 Å². The highest BCUT2D eigenvalue weighted by Crippen LogP contribution is 1.88. The van der Waals surface area contributed by atoms with E-state index < -0.39 is 0 Å². The van der Waals surface area contributed by atoms with Crippen LogP contribution in [0.4, 0.5) is 0 Å². The van der Waals surface area contributed by atoms with Gasteiger partial charge < -0.3 is 0 Å². The third-order valence-corrected chi connectivity index (χ3v) is 1.73. The van der Waals surface area contributed by atoms with E-state index in [1.807, 2.05) is 12.1 Å². The summed E-state index contributed by atoms with van der Waals surface area (Å²) in [6.07, 6.45) is 7.54. The number of carbonyl (C=O) groups excluding carboxylic acids is 1. The molecular weight excluding hydrogens is 138 g/mol. The first kappa shape index (κ1) is 6.28. The molecule has 0 unspecified atom stereocenters. The molecule has 1 heterocycles. The lowest BCUT2D eigenvalue weighted by molar-refractivity contribution is -0.112. The van der Waals surface area contributed by atoms with E-state index in [4.69, 9.17) is 0 Å². The maximum Gasteiger partial charge on any atom is 0.160 e. The number of pyridine rings is 1. The van der Waals surface area contributed by atoms with Crippen LogP contribution in [0.15, 0.2) is 18.5 Å². The third kappa shape index (κ3) is 1.07. The molecule has 0 atom stereocenters. The van der Waals surface area contributed by atoms with Gasteiger partial charge in [-0.2, -0.15) is 0 Å². The summed E-state index contributed by atoms with van der Waals surface area (Å²) in [6.45, 7) is 0. The molecule has 1 aromatic heterocycles. The third-order valence-electron chi connectivity index (χ3n) is 1.73. The Labute approximate surface area is 63.9 Å². The van der Waals surface area contributed by atoms with Crippen LogP contribution in [0.25, 0.3) is 12.2 Å². The molecular formula is C9H7NO. The van der Waals surface area contributed by atoms with Gasteiger partial charge in [0.15, 0.2) is 5.78 Å². The molecule has 0 spiro atoms. The predicted octanol–water partition coefficient (Wildman–Crippen LogP) is -0.385. The lowest BCUT2D eigenvalue weighted by Crippen LogP contribution is -2.29. The number of fused-ring (bicyclic) bond motifs is 1. The van der Waals surface area contributed by atoms with Crippen LogP contribution in [-0.2, 0) is 4.79 Å². The Hall–Kier alpha value is -1.44. The van der Waals surface area contributed by atoms with Gasteiger partial charge in [0.2, 0.25) is 0 Å². The summed E-state index contributed by atoms with van der Waals surface area (Å²) in [5, 5.41) is 2.04. The van der Waals surface area contributed by atoms with Gasteiger partial charge in [0.05, 0.1) is 0 Å². The molecule has 0 saturated heterocycles. The summed E-state index contributed by atoms with van der Waals surface area (Å²) in [6, 6.07) is 1.91. The Morgan fingerprint density at radius 3 is 3.18 bits per heavy atom. The molecule has 0 aliphatic heterocycles. The van der Waals surface area contributed by atoms with Crippen LogP contribution in [0.1, 0.15) is 6.42 Å². The minimum Gasteiger partial charge on any atom is -0.294 e. The first-order valence-electron chi connectivity index (χ1n) is 3.51. The van der Waals surface area contributed by atoms with Crippen molar-refractivity contribution in [2.75, 3.05) is 0 Å². The van der Waals surface area contributed by atoms with Crippen LogP contribution in [0, 0.1) is 0 Å². The molecule has 1 aliphatic carbocycles. The van der Waals surface area contributed by atoms with E-state index in [0.29, 0.717) is 6.42 Å². The van der Waals surface area contributed by atoms with Gasteiger partial charge in [-0.3, -0.25) is 9.78 Å². The SMILES string of the molecule is O=C1C=c2cnccc2=CC1. The van der Waals surface area contributed by atoms with Crippen molar-refractivity contribution in [3.63, 3.8) is 0 Å². The number of Topliss-reactive ketones (excluding diaryl/α,β-unsaturated/α-hetero) is 1. The van der Waals surface area contributed by atoms with E-state index in [9.17, 15) is 4.79 Å². The number of carbonyl (C=O) groups is 1. The van der Waals surface area contributed by atoms with Crippen LogP contribution in [0.2, 0.25) is 0 Å². The average Bonchev–Trinajstić information content (AvgIpc) is 2.04. The predicted molar refractivity (Wildman–Crippen MR) is 42.0 cm³/mol. The fourth-order valence-corrected chi connectivity index (χ4v) is 1.17. The molecule has 2 heteroatoms. The molecule has 0 radical (unpaired) electrons. The number of aromatic nitrogens is 1. The highest BCUT2D eigenvalue weighted by Gasteiger charge is 1.99. The Morgan fingerprint density at radius 2 is 2.27 bits per heavy atom. The molecule has 0 saturated carbocycles. The molecule has 0 bridgehead atoms. The highest BCUT2D eigenvalue weighted by atomic mass is 16.1. The van der Waals surface area contributed by atoms with Crippen molar-refractivity contribution in [1.82, 2.24) is 4.98 Å². The van der Waals surface area contributed by atoms with Crippen molar-refractivity contribution >= 4 is 17.9 Å². The van der Waals surface area contributed by atoms with E-state index >= 15 is 0 Å². The number of hydrogen-bond acceptors (Lipinski definition) is 2. The van der Waals surface area contributed by atoms with Gasteiger partial charge >= 0.3 is 0 Å². The normalized spacial score (nSPS) is 14.7. The van der Waals surface area contributed by atoms with E-state index in [0.717, 1.165) is 10.4 Å². The summed E-state index contributed by atoms with van der Waals surface area (Å²) >= 11 is 0. The molecule has 54 valence electrons. The molecule has 0 aromatic carbocycles. The van der Waals surface area contributed by atoms with Gasteiger partial charge in [-0.05, 0) is 17.4 Å². The van der Waals surface area contributed by atoms with Gasteiger partial charge in [0, 0.05) is 24.0 Å². The maximum atomic E-state index is 10.9. The van der Waals surface area contributed by atoms with Crippen molar-refractivity contribution in [2.45, 2.75) is 6.42 Å². The van der Waals surface area contributed by atoms with Gasteiger partial charge in [-0.25, -0.2) is 0 Å². The standard InChI is InChI=1S/C9H7NO/c11-9-2-1-7-3-4-10-6-8(7)5-9/h1,3-6H,2H2. The summed E-state index contributed by atoms with van der Waals surface area (Å²) in [5.41, 5.74) is 0. The maximum absolute atomic E-state index is 10.9. The Kier molecular flexibility index (Phi) is 1.32. The Morgan fingerprint density at radius 1 is 1.36 bits per heavy atom. The largest absolute Gasteiger partial charge is 0.294 e. The quantitative estimate of drug-likeness (QED) is 0.498. The highest BCUT2D eigenvalue weighted by molar-refractivity contribution is 6.09. The number of nitrogens with zero attached hydrogens (tertiary/aromatic N) is 1. The second-order valence-corrected chi connectivity index (χ2v) is 2.52. The lowest BCUT2D eigenvalue weighted by atomic mass is 10.1. The van der Waals surface area contributed by atoms with Crippen molar-refractivity contribution in [1.29, 1.82) is 0 Å². The van der Waals surface area contributed by atoms with E-state index in [2.05, 4.69) is 4.98 Å². The zero-order valence-corrected chi connectivity index (χ0v) is 5.95. The summed E-state index contributed by atoms with van der Waals surface area (Å²) < 4.78 is 0. The van der Waals surface area contributed by atoms with Crippen molar-refractivity contribution < 1.29 is 4.79 Å². The van der Waals surface area contributed by atoms with Crippen molar-refractivity contribution in [3.05, 3.63) is 28.9 Å². The molecule has 1 aliphatic rings. The zero-order valence-electron chi connectivity index (χ0n) is 5.95. The second kappa shape index (κ2) is 2.31. The van der Waals surface area contributed by atoms with Crippen molar-refractivity contribution in [2.24, 2.45) is 0 Å². The van der Waals surface area contributed by atoms with Crippen LogP contribution >= 0.6 is 0 Å². The van der Waals surface area contributed by atoms with Crippen LogP contribution in [0.5, 0.6) is 0 Å². The van der Waals surface area contributed by atoms with Crippen LogP contribution in [0.3, 0.4) is 0 Å². The molecule has 11 heavy (non-hydrogen) atoms.